The highest BCUT2D eigenvalue weighted by Gasteiger charge is 2.30. The minimum atomic E-state index is -4.45. The molecular weight excluding hydrogens is 704 g/mol. The predicted octanol–water partition coefficient (Wildman–Crippen LogP) is 12.3. The molecule has 0 aliphatic rings. The molecule has 0 N–H and O–H groups in total. The van der Waals surface area contributed by atoms with Gasteiger partial charge in [-0.25, -0.2) is 24.9 Å². The van der Waals surface area contributed by atoms with Gasteiger partial charge in [-0.1, -0.05) is 115 Å². The first-order valence-electron chi connectivity index (χ1n) is 17.1. The highest BCUT2D eigenvalue weighted by molar-refractivity contribution is 7.26. The molecule has 0 saturated heterocycles. The van der Waals surface area contributed by atoms with Crippen LogP contribution >= 0.6 is 11.3 Å². The number of furan rings is 1. The van der Waals surface area contributed by atoms with E-state index in [9.17, 15) is 13.2 Å². The van der Waals surface area contributed by atoms with Gasteiger partial charge < -0.3 is 4.42 Å². The van der Waals surface area contributed by atoms with Crippen molar-refractivity contribution in [2.75, 3.05) is 0 Å². The fourth-order valence-corrected chi connectivity index (χ4v) is 8.02. The second-order valence-corrected chi connectivity index (χ2v) is 13.8. The Morgan fingerprint density at radius 3 is 1.78 bits per heavy atom. The summed E-state index contributed by atoms with van der Waals surface area (Å²) in [5.74, 6) is 1.98. The molecule has 0 saturated carbocycles. The normalized spacial score (nSPS) is 12.0. The number of aromatic nitrogens is 5. The van der Waals surface area contributed by atoms with E-state index in [1.165, 1.54) is 23.5 Å². The monoisotopic (exact) mass is 727 g/mol. The van der Waals surface area contributed by atoms with Crippen LogP contribution in [0, 0.1) is 0 Å². The molecule has 4 heterocycles. The lowest BCUT2D eigenvalue weighted by molar-refractivity contribution is -0.137. The quantitative estimate of drug-likeness (QED) is 0.176. The lowest BCUT2D eigenvalue weighted by Crippen LogP contribution is -2.04. The van der Waals surface area contributed by atoms with Crippen LogP contribution < -0.4 is 0 Å². The Balaban J connectivity index is 1.19. The Hall–Kier alpha value is -6.78. The van der Waals surface area contributed by atoms with Crippen molar-refractivity contribution in [2.45, 2.75) is 6.18 Å². The number of rotatable bonds is 5. The first-order chi connectivity index (χ1) is 26.4. The Bertz CT molecular complexity index is 2980. The summed E-state index contributed by atoms with van der Waals surface area (Å²) in [6.45, 7) is 0. The Kier molecular flexibility index (Phi) is 7.34. The van der Waals surface area contributed by atoms with Crippen molar-refractivity contribution in [3.63, 3.8) is 0 Å². The number of fused-ring (bicyclic) bond motifs is 6. The molecule has 0 aliphatic carbocycles. The summed E-state index contributed by atoms with van der Waals surface area (Å²) in [6.07, 6.45) is -4.45. The maximum absolute atomic E-state index is 13.5. The van der Waals surface area contributed by atoms with Crippen LogP contribution in [0.1, 0.15) is 5.56 Å². The third-order valence-electron chi connectivity index (χ3n) is 9.41. The molecule has 6 aromatic carbocycles. The number of thiophene rings is 1. The molecule has 10 aromatic rings. The third-order valence-corrected chi connectivity index (χ3v) is 10.6. The zero-order chi connectivity index (χ0) is 36.4. The summed E-state index contributed by atoms with van der Waals surface area (Å²) in [4.78, 5) is 25.0. The van der Waals surface area contributed by atoms with E-state index in [0.717, 1.165) is 59.9 Å². The molecule has 0 fully saturated rings. The third kappa shape index (κ3) is 5.38. The van der Waals surface area contributed by atoms with Crippen molar-refractivity contribution >= 4 is 53.6 Å². The van der Waals surface area contributed by atoms with Crippen LogP contribution in [-0.4, -0.2) is 24.9 Å². The smallest absolute Gasteiger partial charge is 0.416 e. The van der Waals surface area contributed by atoms with E-state index >= 15 is 0 Å². The highest BCUT2D eigenvalue weighted by Crippen LogP contribution is 2.43. The van der Waals surface area contributed by atoms with Gasteiger partial charge in [0.1, 0.15) is 11.2 Å². The van der Waals surface area contributed by atoms with Gasteiger partial charge in [0.05, 0.1) is 27.0 Å². The number of benzene rings is 6. The van der Waals surface area contributed by atoms with Gasteiger partial charge in [-0.05, 0) is 30.3 Å². The number of hydrogen-bond acceptors (Lipinski definition) is 7. The molecule has 0 spiro atoms. The van der Waals surface area contributed by atoms with Crippen molar-refractivity contribution in [3.8, 4) is 56.8 Å². The zero-order valence-electron chi connectivity index (χ0n) is 28.0. The molecule has 258 valence electrons. The van der Waals surface area contributed by atoms with Gasteiger partial charge in [-0.3, -0.25) is 0 Å². The van der Waals surface area contributed by atoms with E-state index in [-0.39, 0.29) is 0 Å². The van der Waals surface area contributed by atoms with Gasteiger partial charge in [0.2, 0.25) is 0 Å². The number of nitrogens with zero attached hydrogens (tertiary/aromatic N) is 5. The maximum Gasteiger partial charge on any atom is 0.416 e. The van der Waals surface area contributed by atoms with Crippen LogP contribution in [0.5, 0.6) is 0 Å². The molecule has 0 aliphatic heterocycles. The Labute approximate surface area is 309 Å². The number of alkyl halides is 3. The van der Waals surface area contributed by atoms with Crippen molar-refractivity contribution < 1.29 is 17.6 Å². The maximum atomic E-state index is 13.5. The number of hydrogen-bond donors (Lipinski definition) is 0. The predicted molar refractivity (Wildman–Crippen MR) is 208 cm³/mol. The zero-order valence-corrected chi connectivity index (χ0v) is 28.9. The molecule has 0 unspecified atom stereocenters. The second-order valence-electron chi connectivity index (χ2n) is 12.7. The van der Waals surface area contributed by atoms with Crippen LogP contribution in [0.3, 0.4) is 0 Å². The molecule has 54 heavy (non-hydrogen) atoms. The molecule has 6 nitrogen and oxygen atoms in total. The average molecular weight is 728 g/mol. The summed E-state index contributed by atoms with van der Waals surface area (Å²) in [5.41, 5.74) is 5.44. The minimum Gasteiger partial charge on any atom is -0.455 e. The van der Waals surface area contributed by atoms with E-state index in [4.69, 9.17) is 29.3 Å². The molecular formula is C44H24F3N5OS. The van der Waals surface area contributed by atoms with Crippen LogP contribution in [0.4, 0.5) is 13.2 Å². The summed E-state index contributed by atoms with van der Waals surface area (Å²) in [6, 6.07) is 44.2. The number of para-hydroxylation sites is 1. The molecule has 0 bridgehead atoms. The van der Waals surface area contributed by atoms with Gasteiger partial charge in [-0.15, -0.1) is 11.3 Å². The lowest BCUT2D eigenvalue weighted by Gasteiger charge is -2.10. The van der Waals surface area contributed by atoms with Gasteiger partial charge in [0.25, 0.3) is 0 Å². The highest BCUT2D eigenvalue weighted by atomic mass is 32.1. The summed E-state index contributed by atoms with van der Waals surface area (Å²) in [7, 11) is 0. The molecule has 10 rings (SSSR count). The fraction of sp³-hybridized carbons (Fsp3) is 0.0227. The standard InChI is InChI=1S/C44H24F3N5OS/c45-44(46,47)28-23-21-25(22-24-28)36-39-37(29-15-7-8-20-34(29)54-39)49-43(48-36)32-18-9-16-30-35-31(17-10-19-33(35)53-38(30)32)42-51-40(26-11-3-1-4-12-26)50-41(52-42)27-13-5-2-6-14-27/h1-24H. The van der Waals surface area contributed by atoms with Gasteiger partial charge in [0, 0.05) is 43.1 Å². The van der Waals surface area contributed by atoms with Crippen molar-refractivity contribution in [1.29, 1.82) is 0 Å². The van der Waals surface area contributed by atoms with E-state index in [0.29, 0.717) is 51.3 Å². The van der Waals surface area contributed by atoms with Gasteiger partial charge >= 0.3 is 6.18 Å². The molecule has 10 heteroatoms. The Morgan fingerprint density at radius 1 is 0.481 bits per heavy atom. The summed E-state index contributed by atoms with van der Waals surface area (Å²) in [5, 5.41) is 2.58. The molecule has 0 radical (unpaired) electrons. The number of halogens is 3. The van der Waals surface area contributed by atoms with Gasteiger partial charge in [-0.2, -0.15) is 13.2 Å². The van der Waals surface area contributed by atoms with Crippen molar-refractivity contribution in [2.24, 2.45) is 0 Å². The fourth-order valence-electron chi connectivity index (χ4n) is 6.86. The molecule has 4 aromatic heterocycles. The average Bonchev–Trinajstić information content (AvgIpc) is 3.79. The Morgan fingerprint density at radius 2 is 1.07 bits per heavy atom. The first kappa shape index (κ1) is 31.9. The van der Waals surface area contributed by atoms with Crippen LogP contribution in [0.25, 0.3) is 99.1 Å². The summed E-state index contributed by atoms with van der Waals surface area (Å²) >= 11 is 1.51. The summed E-state index contributed by atoms with van der Waals surface area (Å²) < 4.78 is 49.0. The van der Waals surface area contributed by atoms with Crippen LogP contribution in [-0.2, 0) is 6.18 Å². The van der Waals surface area contributed by atoms with E-state index in [1.807, 2.05) is 121 Å². The second kappa shape index (κ2) is 12.4. The lowest BCUT2D eigenvalue weighted by atomic mass is 10.0. The SMILES string of the molecule is FC(F)(F)c1ccc(-c2nc(-c3cccc4c3oc3cccc(-c5nc(-c6ccccc6)nc(-c6ccccc6)n5)c34)nc3c2sc2ccccc23)cc1. The van der Waals surface area contributed by atoms with Gasteiger partial charge in [0.15, 0.2) is 23.3 Å². The van der Waals surface area contributed by atoms with E-state index in [2.05, 4.69) is 0 Å². The molecule has 0 atom stereocenters. The van der Waals surface area contributed by atoms with E-state index < -0.39 is 11.7 Å². The largest absolute Gasteiger partial charge is 0.455 e. The first-order valence-corrected chi connectivity index (χ1v) is 17.9. The van der Waals surface area contributed by atoms with E-state index in [1.54, 1.807) is 0 Å². The van der Waals surface area contributed by atoms with Crippen LogP contribution in [0.15, 0.2) is 150 Å². The topological polar surface area (TPSA) is 77.6 Å². The van der Waals surface area contributed by atoms with Crippen molar-refractivity contribution in [3.05, 3.63) is 151 Å². The van der Waals surface area contributed by atoms with Crippen LogP contribution in [0.2, 0.25) is 0 Å². The minimum absolute atomic E-state index is 0.394. The van der Waals surface area contributed by atoms with Crippen molar-refractivity contribution in [1.82, 2.24) is 24.9 Å². The molecule has 0 amide bonds.